The predicted octanol–water partition coefficient (Wildman–Crippen LogP) is 8.17. The fourth-order valence-corrected chi connectivity index (χ4v) is 5.21. The summed E-state index contributed by atoms with van der Waals surface area (Å²) in [4.78, 5) is 15.2. The number of nitrogens with zero attached hydrogens (tertiary/aromatic N) is 5. The fourth-order valence-electron chi connectivity index (χ4n) is 5.21. The van der Waals surface area contributed by atoms with Crippen LogP contribution in [0, 0.1) is 16.2 Å². The molecule has 5 nitrogen and oxygen atoms in total. The SMILES string of the molecule is CC(C)(C)C1=CN2C=CC=CC2C1.CC(C)(C)C1=CN2C=CC=NC2C1.CC(C)(C)C1=CN2C=NC=CC2C1. The summed E-state index contributed by atoms with van der Waals surface area (Å²) in [6, 6.07) is 1.10. The molecule has 3 atom stereocenters. The highest BCUT2D eigenvalue weighted by atomic mass is 15.2. The van der Waals surface area contributed by atoms with Crippen molar-refractivity contribution in [1.29, 1.82) is 0 Å². The zero-order valence-electron chi connectivity index (χ0n) is 25.6. The van der Waals surface area contributed by atoms with Gasteiger partial charge in [0.2, 0.25) is 0 Å². The summed E-state index contributed by atoms with van der Waals surface area (Å²) in [7, 11) is 0. The van der Waals surface area contributed by atoms with Crippen LogP contribution in [0.4, 0.5) is 0 Å². The predicted molar refractivity (Wildman–Crippen MR) is 167 cm³/mol. The van der Waals surface area contributed by atoms with Gasteiger partial charge in [0.1, 0.15) is 6.17 Å². The van der Waals surface area contributed by atoms with Gasteiger partial charge >= 0.3 is 0 Å². The van der Waals surface area contributed by atoms with E-state index in [1.54, 1.807) is 5.57 Å². The van der Waals surface area contributed by atoms with Crippen molar-refractivity contribution in [3.8, 4) is 0 Å². The van der Waals surface area contributed by atoms with E-state index in [1.165, 1.54) is 17.6 Å². The molecule has 6 rings (SSSR count). The van der Waals surface area contributed by atoms with E-state index in [1.807, 2.05) is 24.8 Å². The summed E-state index contributed by atoms with van der Waals surface area (Å²) in [6.07, 6.45) is 31.1. The van der Waals surface area contributed by atoms with Crippen LogP contribution in [0.25, 0.3) is 0 Å². The van der Waals surface area contributed by atoms with Crippen molar-refractivity contribution in [1.82, 2.24) is 14.7 Å². The Morgan fingerprint density at radius 3 is 1.72 bits per heavy atom. The first-order valence-electron chi connectivity index (χ1n) is 14.4. The van der Waals surface area contributed by atoms with Crippen molar-refractivity contribution in [2.75, 3.05) is 0 Å². The second kappa shape index (κ2) is 11.2. The van der Waals surface area contributed by atoms with E-state index in [0.29, 0.717) is 29.1 Å². The Labute approximate surface area is 237 Å². The second-order valence-electron chi connectivity index (χ2n) is 14.3. The molecule has 0 spiro atoms. The van der Waals surface area contributed by atoms with Crippen LogP contribution >= 0.6 is 0 Å². The Kier molecular flexibility index (Phi) is 8.30. The highest BCUT2D eigenvalue weighted by Crippen LogP contribution is 2.38. The molecule has 0 radical (unpaired) electrons. The minimum Gasteiger partial charge on any atom is -0.347 e. The maximum Gasteiger partial charge on any atom is 0.128 e. The lowest BCUT2D eigenvalue weighted by Gasteiger charge is -2.21. The van der Waals surface area contributed by atoms with Crippen LogP contribution in [0.5, 0.6) is 0 Å². The van der Waals surface area contributed by atoms with Crippen LogP contribution in [0.3, 0.4) is 0 Å². The second-order valence-corrected chi connectivity index (χ2v) is 14.3. The standard InChI is InChI=1S/C12H17N.2C11H16N2/c1-12(2,3)10-8-11-6-4-5-7-13(11)9-10;1-11(2,3)9-6-10-4-5-12-8-13(10)7-9;1-11(2,3)9-7-10-12-5-4-6-13(10)8-9/h4-7,9,11H,8H2,1-3H3;4-5,7-8,10H,6H2,1-3H3;4-6,8,10H,7H2,1-3H3. The van der Waals surface area contributed by atoms with Gasteiger partial charge in [0.25, 0.3) is 0 Å². The first-order valence-corrected chi connectivity index (χ1v) is 14.4. The summed E-state index contributed by atoms with van der Waals surface area (Å²) in [6.45, 7) is 20.4. The molecular formula is C34H49N5. The van der Waals surface area contributed by atoms with E-state index in [4.69, 9.17) is 0 Å². The number of hydrogen-bond acceptors (Lipinski definition) is 5. The van der Waals surface area contributed by atoms with Crippen molar-refractivity contribution in [3.05, 3.63) is 84.3 Å². The Hall–Kier alpha value is -3.08. The number of rotatable bonds is 0. The maximum absolute atomic E-state index is 4.42. The molecule has 6 aliphatic rings. The van der Waals surface area contributed by atoms with E-state index in [2.05, 4.69) is 142 Å². The Balaban J connectivity index is 0.000000136. The molecule has 5 heteroatoms. The quantitative estimate of drug-likeness (QED) is 0.319. The highest BCUT2D eigenvalue weighted by Gasteiger charge is 2.31. The monoisotopic (exact) mass is 527 g/mol. The molecule has 0 fully saturated rings. The first-order chi connectivity index (χ1) is 18.2. The van der Waals surface area contributed by atoms with Gasteiger partial charge < -0.3 is 14.7 Å². The minimum absolute atomic E-state index is 0.278. The van der Waals surface area contributed by atoms with Crippen molar-refractivity contribution in [2.45, 2.75) is 99.8 Å². The summed E-state index contributed by atoms with van der Waals surface area (Å²) < 4.78 is 0. The first kappa shape index (κ1) is 28.9. The zero-order chi connectivity index (χ0) is 28.4. The third kappa shape index (κ3) is 7.32. The van der Waals surface area contributed by atoms with E-state index >= 15 is 0 Å². The molecule has 0 aliphatic carbocycles. The van der Waals surface area contributed by atoms with Gasteiger partial charge in [-0.15, -0.1) is 0 Å². The van der Waals surface area contributed by atoms with Gasteiger partial charge in [0.15, 0.2) is 0 Å². The summed E-state index contributed by atoms with van der Waals surface area (Å²) in [5.41, 5.74) is 5.43. The minimum atomic E-state index is 0.278. The molecule has 0 aromatic carbocycles. The van der Waals surface area contributed by atoms with Crippen molar-refractivity contribution in [3.63, 3.8) is 0 Å². The molecule has 0 aromatic rings. The molecule has 3 unspecified atom stereocenters. The molecule has 6 heterocycles. The van der Waals surface area contributed by atoms with Gasteiger partial charge in [0, 0.05) is 49.8 Å². The van der Waals surface area contributed by atoms with Crippen LogP contribution in [0.1, 0.15) is 81.6 Å². The zero-order valence-corrected chi connectivity index (χ0v) is 25.6. The molecule has 210 valence electrons. The molecular weight excluding hydrogens is 478 g/mol. The number of aliphatic imine (C=N–C) groups is 2. The third-order valence-corrected chi connectivity index (χ3v) is 8.07. The molecule has 0 amide bonds. The van der Waals surface area contributed by atoms with Crippen LogP contribution in [-0.4, -0.2) is 45.5 Å². The average molecular weight is 528 g/mol. The van der Waals surface area contributed by atoms with Gasteiger partial charge in [0.05, 0.1) is 18.4 Å². The van der Waals surface area contributed by atoms with Crippen LogP contribution < -0.4 is 0 Å². The van der Waals surface area contributed by atoms with E-state index in [9.17, 15) is 0 Å². The topological polar surface area (TPSA) is 34.4 Å². The molecule has 0 bridgehead atoms. The molecule has 0 saturated heterocycles. The summed E-state index contributed by atoms with van der Waals surface area (Å²) in [5.74, 6) is 0. The number of fused-ring (bicyclic) bond motifs is 3. The van der Waals surface area contributed by atoms with Crippen molar-refractivity contribution in [2.24, 2.45) is 26.2 Å². The van der Waals surface area contributed by atoms with Crippen LogP contribution in [-0.2, 0) is 0 Å². The van der Waals surface area contributed by atoms with Crippen molar-refractivity contribution < 1.29 is 0 Å². The summed E-state index contributed by atoms with van der Waals surface area (Å²) >= 11 is 0. The Morgan fingerprint density at radius 1 is 0.615 bits per heavy atom. The largest absolute Gasteiger partial charge is 0.347 e. The molecule has 0 aromatic heterocycles. The Bertz CT molecular complexity index is 1020. The van der Waals surface area contributed by atoms with Gasteiger partial charge in [-0.3, -0.25) is 4.99 Å². The van der Waals surface area contributed by atoms with Gasteiger partial charge in [-0.05, 0) is 64.0 Å². The Morgan fingerprint density at radius 2 is 1.15 bits per heavy atom. The highest BCUT2D eigenvalue weighted by molar-refractivity contribution is 5.72. The molecule has 0 N–H and O–H groups in total. The number of hydrogen-bond donors (Lipinski definition) is 0. The number of allylic oxidation sites excluding steroid dienone is 3. The van der Waals surface area contributed by atoms with Crippen LogP contribution in [0.2, 0.25) is 0 Å². The lowest BCUT2D eigenvalue weighted by atomic mass is 9.85. The van der Waals surface area contributed by atoms with Gasteiger partial charge in [-0.1, -0.05) is 74.5 Å². The van der Waals surface area contributed by atoms with Crippen molar-refractivity contribution >= 4 is 12.6 Å². The lowest BCUT2D eigenvalue weighted by molar-refractivity contribution is 0.397. The smallest absolute Gasteiger partial charge is 0.128 e. The third-order valence-electron chi connectivity index (χ3n) is 8.07. The van der Waals surface area contributed by atoms with Crippen LogP contribution in [0.15, 0.2) is 94.3 Å². The van der Waals surface area contributed by atoms with E-state index in [-0.39, 0.29) is 5.41 Å². The maximum atomic E-state index is 4.42. The molecule has 6 aliphatic heterocycles. The molecule has 39 heavy (non-hydrogen) atoms. The lowest BCUT2D eigenvalue weighted by Crippen LogP contribution is -2.24. The van der Waals surface area contributed by atoms with E-state index in [0.717, 1.165) is 12.8 Å². The van der Waals surface area contributed by atoms with Gasteiger partial charge in [-0.2, -0.15) is 0 Å². The average Bonchev–Trinajstić information content (AvgIpc) is 3.60. The van der Waals surface area contributed by atoms with E-state index < -0.39 is 0 Å². The normalized spacial score (nSPS) is 26.2. The van der Waals surface area contributed by atoms with Gasteiger partial charge in [-0.25, -0.2) is 4.99 Å². The fraction of sp³-hybridized carbons (Fsp3) is 0.529. The molecule has 0 saturated carbocycles. The summed E-state index contributed by atoms with van der Waals surface area (Å²) in [5, 5.41) is 0.